The third-order valence-electron chi connectivity index (χ3n) is 14.8. The van der Waals surface area contributed by atoms with Gasteiger partial charge in [-0.1, -0.05) is 146 Å². The van der Waals surface area contributed by atoms with Crippen molar-refractivity contribution in [1.82, 2.24) is 17.9 Å². The van der Waals surface area contributed by atoms with Crippen LogP contribution in [-0.2, 0) is 0 Å². The summed E-state index contributed by atoms with van der Waals surface area (Å²) in [4.78, 5) is 0. The van der Waals surface area contributed by atoms with E-state index in [1.54, 1.807) is 0 Å². The number of hydrogen-bond acceptors (Lipinski definition) is 0. The van der Waals surface area contributed by atoms with Crippen molar-refractivity contribution in [3.8, 4) is 22.3 Å². The third-order valence-corrected chi connectivity index (χ3v) is 14.8. The monoisotopic (exact) mass is 818 g/mol. The second-order valence-corrected chi connectivity index (χ2v) is 18.7. The molecule has 15 aromatic rings. The normalized spacial score (nSPS) is 13.0. The number of aromatic nitrogens is 4. The van der Waals surface area contributed by atoms with Crippen molar-refractivity contribution in [2.24, 2.45) is 0 Å². The second kappa shape index (κ2) is 12.0. The van der Waals surface area contributed by atoms with Crippen LogP contribution in [0.5, 0.6) is 0 Å². The molecule has 0 unspecified atom stereocenters. The molecule has 64 heavy (non-hydrogen) atoms. The van der Waals surface area contributed by atoms with Gasteiger partial charge in [0.15, 0.2) is 0 Å². The first-order valence-electron chi connectivity index (χ1n) is 22.8. The maximum Gasteiger partial charge on any atom is 0.0634 e. The lowest BCUT2D eigenvalue weighted by Gasteiger charge is -2.16. The highest BCUT2D eigenvalue weighted by molar-refractivity contribution is 6.40. The zero-order valence-electron chi connectivity index (χ0n) is 36.1. The minimum absolute atomic E-state index is 0.283. The molecule has 0 aliphatic rings. The number of fused-ring (bicyclic) bond motifs is 20. The van der Waals surface area contributed by atoms with Crippen LogP contribution in [0.15, 0.2) is 170 Å². The molecule has 0 spiro atoms. The fraction of sp³-hybridized carbons (Fsp3) is 0.100. The van der Waals surface area contributed by atoms with Crippen LogP contribution in [0.1, 0.15) is 39.8 Å². The first kappa shape index (κ1) is 34.7. The quantitative estimate of drug-likeness (QED) is 0.168. The van der Waals surface area contributed by atoms with Gasteiger partial charge in [0.1, 0.15) is 0 Å². The minimum atomic E-state index is 0.283. The Balaban J connectivity index is 1.25. The van der Waals surface area contributed by atoms with E-state index in [1.165, 1.54) is 142 Å². The van der Waals surface area contributed by atoms with Gasteiger partial charge in [0.05, 0.1) is 44.1 Å². The Kier molecular flexibility index (Phi) is 6.51. The van der Waals surface area contributed by atoms with E-state index in [-0.39, 0.29) is 12.1 Å². The van der Waals surface area contributed by atoms with Gasteiger partial charge in [-0.2, -0.15) is 0 Å². The van der Waals surface area contributed by atoms with Gasteiger partial charge in [-0.25, -0.2) is 0 Å². The Morgan fingerprint density at radius 1 is 0.266 bits per heavy atom. The van der Waals surface area contributed by atoms with Crippen LogP contribution in [-0.4, -0.2) is 17.9 Å². The van der Waals surface area contributed by atoms with Crippen LogP contribution in [0.25, 0.3) is 142 Å². The Hall–Kier alpha value is -7.82. The third kappa shape index (κ3) is 3.98. The molecule has 6 aromatic heterocycles. The number of para-hydroxylation sites is 4. The number of hydrogen-bond donors (Lipinski definition) is 0. The summed E-state index contributed by atoms with van der Waals surface area (Å²) in [7, 11) is 0. The van der Waals surface area contributed by atoms with Gasteiger partial charge in [0.2, 0.25) is 0 Å². The molecule has 6 heterocycles. The van der Waals surface area contributed by atoms with Crippen molar-refractivity contribution in [3.05, 3.63) is 170 Å². The predicted octanol–water partition coefficient (Wildman–Crippen LogP) is 16.7. The molecular formula is C60H42N4. The average Bonchev–Trinajstić information content (AvgIpc) is 4.16. The molecule has 0 aliphatic heterocycles. The lowest BCUT2D eigenvalue weighted by Crippen LogP contribution is -2.00. The van der Waals surface area contributed by atoms with Gasteiger partial charge < -0.3 is 17.9 Å². The number of nitrogens with zero attached hydrogens (tertiary/aromatic N) is 4. The Labute approximate surface area is 368 Å². The summed E-state index contributed by atoms with van der Waals surface area (Å²) in [6, 6.07) is 64.7. The summed E-state index contributed by atoms with van der Waals surface area (Å²) < 4.78 is 10.5. The lowest BCUT2D eigenvalue weighted by molar-refractivity contribution is 0.643. The molecule has 0 saturated heterocycles. The molecule has 0 aliphatic carbocycles. The van der Waals surface area contributed by atoms with Crippen LogP contribution in [0.4, 0.5) is 0 Å². The van der Waals surface area contributed by atoms with E-state index >= 15 is 0 Å². The molecule has 4 nitrogen and oxygen atoms in total. The molecule has 15 rings (SSSR count). The molecule has 0 radical (unpaired) electrons. The molecule has 0 fully saturated rings. The van der Waals surface area contributed by atoms with Gasteiger partial charge in [-0.3, -0.25) is 0 Å². The molecule has 0 atom stereocenters. The zero-order chi connectivity index (χ0) is 42.3. The zero-order valence-corrected chi connectivity index (χ0v) is 36.1. The van der Waals surface area contributed by atoms with E-state index in [1.807, 2.05) is 0 Å². The van der Waals surface area contributed by atoms with Gasteiger partial charge in [-0.05, 0) is 63.1 Å². The number of benzene rings is 9. The first-order valence-corrected chi connectivity index (χ1v) is 22.8. The maximum absolute atomic E-state index is 2.66. The Morgan fingerprint density at radius 3 is 1.03 bits per heavy atom. The molecule has 9 aromatic carbocycles. The largest absolute Gasteiger partial charge is 0.337 e. The summed E-state index contributed by atoms with van der Waals surface area (Å²) in [5.74, 6) is 0. The van der Waals surface area contributed by atoms with E-state index in [0.29, 0.717) is 0 Å². The number of rotatable bonds is 4. The molecule has 302 valence electrons. The molecule has 0 saturated carbocycles. The SMILES string of the molecule is CC(C)n1c2ccccc2c2ccc3c(c4cccc5c6c(-c7ccccc7)c7c(c(-c8ccccc8)c6n3c54)c3cccc4c5c6c(ccc5n7c34)c3ccccc3n6C(C)C)c21. The van der Waals surface area contributed by atoms with Gasteiger partial charge in [-0.15, -0.1) is 0 Å². The van der Waals surface area contributed by atoms with Crippen LogP contribution in [0.3, 0.4) is 0 Å². The second-order valence-electron chi connectivity index (χ2n) is 18.7. The van der Waals surface area contributed by atoms with Crippen molar-refractivity contribution >= 4 is 120 Å². The molecular weight excluding hydrogens is 777 g/mol. The molecule has 0 amide bonds. The Morgan fingerprint density at radius 2 is 0.625 bits per heavy atom. The summed E-state index contributed by atoms with van der Waals surface area (Å²) in [6.07, 6.45) is 0. The van der Waals surface area contributed by atoms with Crippen molar-refractivity contribution in [2.45, 2.75) is 39.8 Å². The summed E-state index contributed by atoms with van der Waals surface area (Å²) >= 11 is 0. The lowest BCUT2D eigenvalue weighted by atomic mass is 9.89. The maximum atomic E-state index is 2.66. The van der Waals surface area contributed by atoms with Crippen molar-refractivity contribution in [2.75, 3.05) is 0 Å². The van der Waals surface area contributed by atoms with E-state index in [9.17, 15) is 0 Å². The topological polar surface area (TPSA) is 18.7 Å². The van der Waals surface area contributed by atoms with Gasteiger partial charge in [0.25, 0.3) is 0 Å². The van der Waals surface area contributed by atoms with E-state index < -0.39 is 0 Å². The highest BCUT2D eigenvalue weighted by Crippen LogP contribution is 2.55. The van der Waals surface area contributed by atoms with E-state index in [2.05, 4.69) is 215 Å². The fourth-order valence-corrected chi connectivity index (χ4v) is 12.7. The van der Waals surface area contributed by atoms with E-state index in [0.717, 1.165) is 0 Å². The molecule has 4 heteroatoms. The first-order chi connectivity index (χ1) is 31.5. The minimum Gasteiger partial charge on any atom is -0.337 e. The summed E-state index contributed by atoms with van der Waals surface area (Å²) in [5.41, 5.74) is 17.9. The molecule has 0 N–H and O–H groups in total. The van der Waals surface area contributed by atoms with Gasteiger partial charge >= 0.3 is 0 Å². The highest BCUT2D eigenvalue weighted by atomic mass is 15.0. The summed E-state index contributed by atoms with van der Waals surface area (Å²) in [5, 5.41) is 15.7. The average molecular weight is 819 g/mol. The van der Waals surface area contributed by atoms with Crippen LogP contribution in [0, 0.1) is 0 Å². The van der Waals surface area contributed by atoms with Crippen LogP contribution < -0.4 is 0 Å². The van der Waals surface area contributed by atoms with Gasteiger partial charge in [0, 0.05) is 98.9 Å². The smallest absolute Gasteiger partial charge is 0.0634 e. The van der Waals surface area contributed by atoms with Crippen molar-refractivity contribution < 1.29 is 0 Å². The highest BCUT2D eigenvalue weighted by Gasteiger charge is 2.32. The van der Waals surface area contributed by atoms with E-state index in [4.69, 9.17) is 0 Å². The summed E-state index contributed by atoms with van der Waals surface area (Å²) in [6.45, 7) is 9.30. The molecule has 0 bridgehead atoms. The van der Waals surface area contributed by atoms with Crippen LogP contribution >= 0.6 is 0 Å². The fourth-order valence-electron chi connectivity index (χ4n) is 12.7. The van der Waals surface area contributed by atoms with Crippen LogP contribution in [0.2, 0.25) is 0 Å². The predicted molar refractivity (Wildman–Crippen MR) is 273 cm³/mol. The van der Waals surface area contributed by atoms with Crippen molar-refractivity contribution in [1.29, 1.82) is 0 Å². The van der Waals surface area contributed by atoms with Crippen molar-refractivity contribution in [3.63, 3.8) is 0 Å². The Bertz CT molecular complexity index is 4170. The standard InChI is InChI=1S/C60H42N4/c1-33(2)61-45-27-13-11-21-37(45)39-29-31-47-51(57(39)61)41-23-15-25-43-53-50(36-19-9-6-10-20-36)60-54(49(35-17-7-5-8-18-35)59(53)63(47)55(41)43)44-26-16-24-42-52-48(64(60)56(42)44)32-30-40-38-22-12-14-28-46(38)62(34(3)4)58(40)52/h5-34H,1-4H3.